The Hall–Kier alpha value is -1.96. The normalized spacial score (nSPS) is 13.2. The van der Waals surface area contributed by atoms with Crippen molar-refractivity contribution >= 4 is 11.4 Å². The summed E-state index contributed by atoms with van der Waals surface area (Å²) >= 11 is 0. The first-order chi connectivity index (χ1) is 16.2. The molecule has 2 N–H and O–H groups in total. The van der Waals surface area contributed by atoms with Gasteiger partial charge < -0.3 is 10.6 Å². The van der Waals surface area contributed by atoms with Crippen molar-refractivity contribution in [2.45, 2.75) is 121 Å². The van der Waals surface area contributed by atoms with Crippen molar-refractivity contribution in [2.75, 3.05) is 23.7 Å². The molecule has 0 amide bonds. The summed E-state index contributed by atoms with van der Waals surface area (Å²) < 4.78 is 0. The van der Waals surface area contributed by atoms with Crippen molar-refractivity contribution in [1.29, 1.82) is 0 Å². The summed E-state index contributed by atoms with van der Waals surface area (Å²) in [5.74, 6) is 0. The summed E-state index contributed by atoms with van der Waals surface area (Å²) in [6, 6.07) is 9.56. The molecule has 202 valence electrons. The van der Waals surface area contributed by atoms with E-state index in [9.17, 15) is 0 Å². The lowest BCUT2D eigenvalue weighted by Crippen LogP contribution is -2.25. The van der Waals surface area contributed by atoms with E-state index >= 15 is 0 Å². The predicted molar refractivity (Wildman–Crippen MR) is 163 cm³/mol. The van der Waals surface area contributed by atoms with E-state index in [4.69, 9.17) is 0 Å². The van der Waals surface area contributed by atoms with Crippen LogP contribution in [-0.2, 0) is 10.8 Å². The molecule has 0 fully saturated rings. The molecule has 0 atom stereocenters. The first-order valence-electron chi connectivity index (χ1n) is 13.9. The van der Waals surface area contributed by atoms with Crippen LogP contribution in [0.25, 0.3) is 0 Å². The van der Waals surface area contributed by atoms with E-state index < -0.39 is 0 Å². The van der Waals surface area contributed by atoms with Gasteiger partial charge in [0, 0.05) is 24.5 Å². The van der Waals surface area contributed by atoms with Gasteiger partial charge in [0.2, 0.25) is 0 Å². The third-order valence-electron chi connectivity index (χ3n) is 7.30. The van der Waals surface area contributed by atoms with Gasteiger partial charge in [0.15, 0.2) is 0 Å². The highest BCUT2D eigenvalue weighted by Crippen LogP contribution is 2.39. The van der Waals surface area contributed by atoms with Crippen molar-refractivity contribution in [3.63, 3.8) is 0 Å². The second-order valence-electron chi connectivity index (χ2n) is 15.1. The van der Waals surface area contributed by atoms with Crippen LogP contribution in [0.1, 0.15) is 115 Å². The van der Waals surface area contributed by atoms with Crippen molar-refractivity contribution in [2.24, 2.45) is 10.8 Å². The minimum atomic E-state index is 0.163. The van der Waals surface area contributed by atoms with Crippen molar-refractivity contribution in [1.82, 2.24) is 0 Å². The summed E-state index contributed by atoms with van der Waals surface area (Å²) in [6.07, 6.45) is 2.33. The van der Waals surface area contributed by atoms with Crippen LogP contribution in [0.2, 0.25) is 0 Å². The second-order valence-corrected chi connectivity index (χ2v) is 15.1. The smallest absolute Gasteiger partial charge is 0.0400 e. The van der Waals surface area contributed by atoms with Gasteiger partial charge >= 0.3 is 0 Å². The molecule has 2 aromatic rings. The number of hydrogen-bond acceptors (Lipinski definition) is 2. The van der Waals surface area contributed by atoms with Crippen LogP contribution in [0, 0.1) is 38.5 Å². The molecule has 2 nitrogen and oxygen atoms in total. The molecule has 0 aromatic heterocycles. The Balaban J connectivity index is 2.08. The zero-order valence-corrected chi connectivity index (χ0v) is 26.1. The fraction of sp³-hybridized carbons (Fsp3) is 0.647. The van der Waals surface area contributed by atoms with Crippen LogP contribution in [0.3, 0.4) is 0 Å². The van der Waals surface area contributed by atoms with E-state index in [2.05, 4.69) is 132 Å². The Morgan fingerprint density at radius 2 is 0.722 bits per heavy atom. The maximum Gasteiger partial charge on any atom is 0.0400 e. The van der Waals surface area contributed by atoms with E-state index in [1.54, 1.807) is 0 Å². The van der Waals surface area contributed by atoms with Crippen LogP contribution < -0.4 is 10.6 Å². The van der Waals surface area contributed by atoms with Gasteiger partial charge in [-0.25, -0.2) is 0 Å². The number of benzene rings is 2. The van der Waals surface area contributed by atoms with E-state index in [0.717, 1.165) is 13.1 Å². The van der Waals surface area contributed by atoms with Crippen LogP contribution in [0.5, 0.6) is 0 Å². The molecule has 0 heterocycles. The zero-order valence-electron chi connectivity index (χ0n) is 26.1. The lowest BCUT2D eigenvalue weighted by atomic mass is 9.71. The molecule has 0 bridgehead atoms. The predicted octanol–water partition coefficient (Wildman–Crippen LogP) is 9.87. The Labute approximate surface area is 224 Å². The highest BCUT2D eigenvalue weighted by molar-refractivity contribution is 5.61. The van der Waals surface area contributed by atoms with Gasteiger partial charge in [-0.2, -0.15) is 0 Å². The molecule has 2 aromatic carbocycles. The fourth-order valence-corrected chi connectivity index (χ4v) is 6.50. The van der Waals surface area contributed by atoms with Gasteiger partial charge in [-0.1, -0.05) is 93.5 Å². The Bertz CT molecular complexity index is 910. The molecule has 0 spiro atoms. The van der Waals surface area contributed by atoms with Gasteiger partial charge in [0.1, 0.15) is 0 Å². The number of anilines is 2. The fourth-order valence-electron chi connectivity index (χ4n) is 6.50. The van der Waals surface area contributed by atoms with Gasteiger partial charge in [-0.05, 0) is 95.6 Å². The molecular weight excluding hydrogens is 436 g/mol. The molecule has 0 saturated heterocycles. The Kier molecular flexibility index (Phi) is 9.08. The largest absolute Gasteiger partial charge is 0.383 e. The van der Waals surface area contributed by atoms with Gasteiger partial charge in [0.25, 0.3) is 0 Å². The quantitative estimate of drug-likeness (QED) is 0.340. The molecule has 2 heteroatoms. The summed E-state index contributed by atoms with van der Waals surface area (Å²) in [4.78, 5) is 0. The summed E-state index contributed by atoms with van der Waals surface area (Å²) in [5.41, 5.74) is 11.7. The minimum absolute atomic E-state index is 0.163. The minimum Gasteiger partial charge on any atom is -0.383 e. The van der Waals surface area contributed by atoms with Gasteiger partial charge in [-0.3, -0.25) is 0 Å². The molecule has 0 radical (unpaired) electrons. The monoisotopic (exact) mass is 492 g/mol. The van der Waals surface area contributed by atoms with Crippen molar-refractivity contribution < 1.29 is 0 Å². The topological polar surface area (TPSA) is 24.1 Å². The standard InChI is InChI=1S/C34H56N2/c1-23-17-27(33(11,12)21-31(5,6)7)18-24(2)29(23)35-15-16-36-30-25(3)19-28(20-26(30)4)34(13,14)22-32(8,9)10/h17-20,35-36H,15-16,21-22H2,1-14H3. The van der Waals surface area contributed by atoms with Crippen LogP contribution >= 0.6 is 0 Å². The molecule has 0 saturated carbocycles. The average molecular weight is 493 g/mol. The van der Waals surface area contributed by atoms with Crippen LogP contribution in [0.15, 0.2) is 24.3 Å². The van der Waals surface area contributed by atoms with Crippen molar-refractivity contribution in [3.05, 3.63) is 57.6 Å². The first kappa shape index (κ1) is 30.3. The lowest BCUT2D eigenvalue weighted by molar-refractivity contribution is 0.283. The highest BCUT2D eigenvalue weighted by Gasteiger charge is 2.29. The molecule has 0 aliphatic carbocycles. The number of nitrogens with one attached hydrogen (secondary N) is 2. The van der Waals surface area contributed by atoms with E-state index in [0.29, 0.717) is 10.8 Å². The molecule has 0 unspecified atom stereocenters. The Morgan fingerprint density at radius 3 is 0.944 bits per heavy atom. The SMILES string of the molecule is Cc1cc(C(C)(C)CC(C)(C)C)cc(C)c1NCCNc1c(C)cc(C(C)(C)CC(C)(C)C)cc1C. The molecule has 0 aliphatic rings. The lowest BCUT2D eigenvalue weighted by Gasteiger charge is -2.34. The summed E-state index contributed by atoms with van der Waals surface area (Å²) in [5, 5.41) is 7.43. The Morgan fingerprint density at radius 1 is 0.472 bits per heavy atom. The maximum atomic E-state index is 3.72. The number of aryl methyl sites for hydroxylation is 4. The molecular formula is C34H56N2. The van der Waals surface area contributed by atoms with Gasteiger partial charge in [0.05, 0.1) is 0 Å². The van der Waals surface area contributed by atoms with E-state index in [1.807, 2.05) is 0 Å². The first-order valence-corrected chi connectivity index (χ1v) is 13.9. The highest BCUT2D eigenvalue weighted by atomic mass is 15.0. The van der Waals surface area contributed by atoms with Crippen LogP contribution in [-0.4, -0.2) is 13.1 Å². The molecule has 36 heavy (non-hydrogen) atoms. The summed E-state index contributed by atoms with van der Waals surface area (Å²) in [7, 11) is 0. The van der Waals surface area contributed by atoms with E-state index in [1.165, 1.54) is 57.6 Å². The average Bonchev–Trinajstić information content (AvgIpc) is 2.64. The van der Waals surface area contributed by atoms with E-state index in [-0.39, 0.29) is 10.8 Å². The van der Waals surface area contributed by atoms with Crippen molar-refractivity contribution in [3.8, 4) is 0 Å². The molecule has 0 aliphatic heterocycles. The third-order valence-corrected chi connectivity index (χ3v) is 7.30. The summed E-state index contributed by atoms with van der Waals surface area (Å²) in [6.45, 7) is 34.3. The molecule has 2 rings (SSSR count). The van der Waals surface area contributed by atoms with Gasteiger partial charge in [-0.15, -0.1) is 0 Å². The number of hydrogen-bond donors (Lipinski definition) is 2. The second kappa shape index (κ2) is 10.8. The maximum absolute atomic E-state index is 3.72. The number of rotatable bonds is 9. The third kappa shape index (κ3) is 8.29. The zero-order chi connectivity index (χ0) is 27.7. The van der Waals surface area contributed by atoms with Crippen LogP contribution in [0.4, 0.5) is 11.4 Å².